The van der Waals surface area contributed by atoms with E-state index in [1.807, 2.05) is 6.07 Å². The standard InChI is InChI=1S/C21H26N2O3/c1-12-11-23-8-7-21-15-5-3-4-6-16(15)22-18(21)14(20(25)26-2)9-13(19(21)23)10-17(12)24/h3-6,12-13,17,19,22,24H,7-11H2,1-2H3. The third kappa shape index (κ3) is 1.96. The smallest absolute Gasteiger partial charge is 0.335 e. The number of hydrogen-bond donors (Lipinski definition) is 2. The van der Waals surface area contributed by atoms with E-state index >= 15 is 0 Å². The van der Waals surface area contributed by atoms with Crippen molar-refractivity contribution in [2.45, 2.75) is 43.7 Å². The van der Waals surface area contributed by atoms with Crippen molar-refractivity contribution in [1.29, 1.82) is 0 Å². The van der Waals surface area contributed by atoms with Gasteiger partial charge in [0.1, 0.15) is 0 Å². The minimum Gasteiger partial charge on any atom is -0.466 e. The Balaban J connectivity index is 1.74. The summed E-state index contributed by atoms with van der Waals surface area (Å²) < 4.78 is 5.15. The van der Waals surface area contributed by atoms with Gasteiger partial charge >= 0.3 is 5.97 Å². The molecule has 5 unspecified atom stereocenters. The Bertz CT molecular complexity index is 804. The topological polar surface area (TPSA) is 61.8 Å². The van der Waals surface area contributed by atoms with Crippen molar-refractivity contribution >= 4 is 11.7 Å². The van der Waals surface area contributed by atoms with Gasteiger partial charge < -0.3 is 15.2 Å². The highest BCUT2D eigenvalue weighted by Crippen LogP contribution is 2.60. The molecule has 3 heterocycles. The number of aliphatic hydroxyl groups excluding tert-OH is 1. The molecular weight excluding hydrogens is 328 g/mol. The van der Waals surface area contributed by atoms with Crippen LogP contribution >= 0.6 is 0 Å². The minimum atomic E-state index is -0.312. The molecule has 2 fully saturated rings. The lowest BCUT2D eigenvalue weighted by Gasteiger charge is -2.45. The average molecular weight is 354 g/mol. The average Bonchev–Trinajstić information content (AvgIpc) is 3.15. The van der Waals surface area contributed by atoms with Crippen molar-refractivity contribution in [3.63, 3.8) is 0 Å². The number of carbonyl (C=O) groups excluding carboxylic acids is 1. The summed E-state index contributed by atoms with van der Waals surface area (Å²) in [7, 11) is 1.46. The van der Waals surface area contributed by atoms with Crippen molar-refractivity contribution in [2.24, 2.45) is 11.8 Å². The Morgan fingerprint density at radius 3 is 3.00 bits per heavy atom. The number of benzene rings is 1. The molecule has 5 nitrogen and oxygen atoms in total. The molecule has 2 saturated heterocycles. The van der Waals surface area contributed by atoms with E-state index in [0.717, 1.165) is 42.9 Å². The van der Waals surface area contributed by atoms with E-state index in [0.29, 0.717) is 12.5 Å². The van der Waals surface area contributed by atoms with Crippen LogP contribution in [-0.2, 0) is 14.9 Å². The van der Waals surface area contributed by atoms with Gasteiger partial charge in [-0.15, -0.1) is 0 Å². The van der Waals surface area contributed by atoms with Crippen LogP contribution in [0.15, 0.2) is 35.5 Å². The summed E-state index contributed by atoms with van der Waals surface area (Å²) in [6.45, 7) is 4.07. The predicted octanol–water partition coefficient (Wildman–Crippen LogP) is 2.27. The lowest BCUT2D eigenvalue weighted by Crippen LogP contribution is -2.51. The summed E-state index contributed by atoms with van der Waals surface area (Å²) in [4.78, 5) is 15.2. The van der Waals surface area contributed by atoms with Crippen molar-refractivity contribution in [1.82, 2.24) is 4.90 Å². The van der Waals surface area contributed by atoms with Crippen molar-refractivity contribution in [3.8, 4) is 0 Å². The number of rotatable bonds is 1. The largest absolute Gasteiger partial charge is 0.466 e. The third-order valence-electron chi connectivity index (χ3n) is 7.18. The third-order valence-corrected chi connectivity index (χ3v) is 7.18. The summed E-state index contributed by atoms with van der Waals surface area (Å²) >= 11 is 0. The van der Waals surface area contributed by atoms with E-state index in [-0.39, 0.29) is 29.3 Å². The second-order valence-corrected chi connectivity index (χ2v) is 8.42. The Morgan fingerprint density at radius 1 is 1.38 bits per heavy atom. The molecule has 3 aliphatic heterocycles. The molecule has 5 rings (SSSR count). The molecule has 0 bridgehead atoms. The maximum absolute atomic E-state index is 12.6. The first-order valence-corrected chi connectivity index (χ1v) is 9.67. The van der Waals surface area contributed by atoms with E-state index in [1.54, 1.807) is 0 Å². The van der Waals surface area contributed by atoms with Crippen LogP contribution in [0.25, 0.3) is 0 Å². The van der Waals surface area contributed by atoms with Crippen molar-refractivity contribution in [3.05, 3.63) is 41.1 Å². The van der Waals surface area contributed by atoms with Gasteiger partial charge in [0, 0.05) is 24.0 Å². The van der Waals surface area contributed by atoms with E-state index in [9.17, 15) is 9.90 Å². The monoisotopic (exact) mass is 354 g/mol. The molecule has 138 valence electrons. The molecule has 0 saturated carbocycles. The summed E-state index contributed by atoms with van der Waals surface area (Å²) in [5, 5.41) is 14.3. The maximum atomic E-state index is 12.6. The van der Waals surface area contributed by atoms with Gasteiger partial charge in [0.15, 0.2) is 0 Å². The van der Waals surface area contributed by atoms with Crippen LogP contribution < -0.4 is 5.32 Å². The Labute approximate surface area is 154 Å². The molecule has 26 heavy (non-hydrogen) atoms. The summed E-state index contributed by atoms with van der Waals surface area (Å²) in [6, 6.07) is 8.79. The Hall–Kier alpha value is -1.85. The van der Waals surface area contributed by atoms with Crippen LogP contribution in [0.4, 0.5) is 5.69 Å². The molecule has 5 heteroatoms. The Kier molecular flexibility index (Phi) is 3.50. The lowest BCUT2D eigenvalue weighted by molar-refractivity contribution is -0.136. The quantitative estimate of drug-likeness (QED) is 0.758. The number of aliphatic hydroxyl groups is 1. The zero-order valence-electron chi connectivity index (χ0n) is 15.4. The molecule has 4 aliphatic rings. The molecule has 2 N–H and O–H groups in total. The van der Waals surface area contributed by atoms with Gasteiger partial charge in [-0.2, -0.15) is 0 Å². The first-order valence-electron chi connectivity index (χ1n) is 9.67. The van der Waals surface area contributed by atoms with Gasteiger partial charge in [0.05, 0.1) is 24.2 Å². The molecule has 1 spiro atoms. The first kappa shape index (κ1) is 16.3. The molecule has 1 aliphatic carbocycles. The number of carbonyl (C=O) groups is 1. The Morgan fingerprint density at radius 2 is 2.19 bits per heavy atom. The number of fused-ring (bicyclic) bond motifs is 1. The highest BCUT2D eigenvalue weighted by atomic mass is 16.5. The second kappa shape index (κ2) is 5.57. The fourth-order valence-electron chi connectivity index (χ4n) is 6.13. The van der Waals surface area contributed by atoms with E-state index < -0.39 is 0 Å². The number of methoxy groups -OCH3 is 1. The SMILES string of the molecule is COC(=O)C1=C2Nc3ccccc3C23CCN2CC(C)C(O)CC(C1)C23. The number of para-hydroxylation sites is 1. The number of hydrogen-bond acceptors (Lipinski definition) is 5. The van der Waals surface area contributed by atoms with Gasteiger partial charge in [0.25, 0.3) is 0 Å². The highest BCUT2D eigenvalue weighted by Gasteiger charge is 2.61. The van der Waals surface area contributed by atoms with Gasteiger partial charge in [-0.3, -0.25) is 4.90 Å². The summed E-state index contributed by atoms with van der Waals surface area (Å²) in [5.74, 6) is 0.289. The predicted molar refractivity (Wildman–Crippen MR) is 98.7 cm³/mol. The molecule has 1 aromatic rings. The molecular formula is C21H26N2O3. The van der Waals surface area contributed by atoms with Gasteiger partial charge in [0.2, 0.25) is 0 Å². The number of ether oxygens (including phenoxy) is 1. The fraction of sp³-hybridized carbons (Fsp3) is 0.571. The summed E-state index contributed by atoms with van der Waals surface area (Å²) in [6.07, 6.45) is 2.12. The van der Waals surface area contributed by atoms with Crippen LogP contribution in [0, 0.1) is 11.8 Å². The fourth-order valence-corrected chi connectivity index (χ4v) is 6.13. The van der Waals surface area contributed by atoms with E-state index in [4.69, 9.17) is 4.74 Å². The number of anilines is 1. The van der Waals surface area contributed by atoms with Gasteiger partial charge in [-0.25, -0.2) is 4.79 Å². The first-order chi connectivity index (χ1) is 12.6. The molecule has 0 aromatic heterocycles. The van der Waals surface area contributed by atoms with Crippen molar-refractivity contribution in [2.75, 3.05) is 25.5 Å². The summed E-state index contributed by atoms with van der Waals surface area (Å²) in [5.41, 5.74) is 4.07. The number of nitrogens with zero attached hydrogens (tertiary/aromatic N) is 1. The molecule has 0 radical (unpaired) electrons. The highest BCUT2D eigenvalue weighted by molar-refractivity contribution is 5.93. The molecule has 1 aromatic carbocycles. The van der Waals surface area contributed by atoms with E-state index in [2.05, 4.69) is 35.3 Å². The van der Waals surface area contributed by atoms with Crippen LogP contribution in [0.5, 0.6) is 0 Å². The van der Waals surface area contributed by atoms with Gasteiger partial charge in [-0.1, -0.05) is 25.1 Å². The van der Waals surface area contributed by atoms with Crippen molar-refractivity contribution < 1.29 is 14.6 Å². The van der Waals surface area contributed by atoms with Gasteiger partial charge in [-0.05, 0) is 49.3 Å². The zero-order valence-corrected chi connectivity index (χ0v) is 15.4. The molecule has 5 atom stereocenters. The van der Waals surface area contributed by atoms with Crippen LogP contribution in [0.2, 0.25) is 0 Å². The zero-order chi connectivity index (χ0) is 18.1. The molecule has 0 amide bonds. The van der Waals surface area contributed by atoms with Crippen LogP contribution in [-0.4, -0.2) is 48.3 Å². The van der Waals surface area contributed by atoms with Crippen LogP contribution in [0.3, 0.4) is 0 Å². The maximum Gasteiger partial charge on any atom is 0.335 e. The second-order valence-electron chi connectivity index (χ2n) is 8.42. The minimum absolute atomic E-state index is 0.174. The normalized spacial score (nSPS) is 38.1. The van der Waals surface area contributed by atoms with Crippen LogP contribution in [0.1, 0.15) is 31.7 Å². The number of nitrogens with one attached hydrogen (secondary N) is 1. The van der Waals surface area contributed by atoms with E-state index in [1.165, 1.54) is 12.7 Å². The number of esters is 1. The lowest BCUT2D eigenvalue weighted by atomic mass is 9.62.